The van der Waals surface area contributed by atoms with Crippen molar-refractivity contribution >= 4 is 34.0 Å². The van der Waals surface area contributed by atoms with Crippen molar-refractivity contribution in [2.75, 3.05) is 5.73 Å². The summed E-state index contributed by atoms with van der Waals surface area (Å²) in [5.41, 5.74) is 9.43. The summed E-state index contributed by atoms with van der Waals surface area (Å²) in [6, 6.07) is 7.65. The normalized spacial score (nSPS) is 12.6. The first-order chi connectivity index (χ1) is 13.1. The zero-order valence-corrected chi connectivity index (χ0v) is 16.4. The van der Waals surface area contributed by atoms with Crippen molar-refractivity contribution in [1.29, 1.82) is 0 Å². The third kappa shape index (κ3) is 3.89. The molecule has 2 N–H and O–H groups in total. The number of nitrogens with two attached hydrogens (primary N) is 1. The fourth-order valence-corrected chi connectivity index (χ4v) is 3.17. The number of hydrogen-bond donors (Lipinski definition) is 1. The lowest BCUT2D eigenvalue weighted by Gasteiger charge is -2.11. The number of anilines is 1. The number of benzene rings is 1. The highest BCUT2D eigenvalue weighted by molar-refractivity contribution is 6.08. The minimum Gasteiger partial charge on any atom is -0.459 e. The molecule has 0 saturated carbocycles. The number of aryl methyl sites for hydroxylation is 1. The summed E-state index contributed by atoms with van der Waals surface area (Å²) in [7, 11) is 0. The number of esters is 1. The smallest absolute Gasteiger partial charge is 0.344 e. The topological polar surface area (TPSA) is 83.0 Å². The number of fused-ring (bicyclic) bond motifs is 2. The van der Waals surface area contributed by atoms with Crippen molar-refractivity contribution in [2.24, 2.45) is 0 Å². The molecule has 2 heterocycles. The predicted octanol–water partition coefficient (Wildman–Crippen LogP) is 4.70. The third-order valence-electron chi connectivity index (χ3n) is 4.91. The number of ether oxygens (including phenoxy) is 1. The zero-order chi connectivity index (χ0) is 19.4. The van der Waals surface area contributed by atoms with E-state index in [1.807, 2.05) is 42.7 Å². The van der Waals surface area contributed by atoms with Crippen LogP contribution in [-0.4, -0.2) is 26.6 Å². The Morgan fingerprint density at radius 1 is 1.15 bits per heavy atom. The quantitative estimate of drug-likeness (QED) is 0.460. The first-order valence-corrected chi connectivity index (χ1v) is 9.82. The molecule has 6 heteroatoms. The number of unbranched alkanes of at least 4 members (excludes halogenated alkanes) is 3. The van der Waals surface area contributed by atoms with Gasteiger partial charge in [0.25, 0.3) is 0 Å². The Balaban J connectivity index is 2.10. The van der Waals surface area contributed by atoms with E-state index in [0.29, 0.717) is 29.1 Å². The summed E-state index contributed by atoms with van der Waals surface area (Å²) in [6.45, 7) is 6.75. The predicted molar refractivity (Wildman–Crippen MR) is 109 cm³/mol. The number of para-hydroxylation sites is 2. The summed E-state index contributed by atoms with van der Waals surface area (Å²) < 4.78 is 7.46. The van der Waals surface area contributed by atoms with Crippen LogP contribution in [0.2, 0.25) is 0 Å². The Morgan fingerprint density at radius 3 is 2.52 bits per heavy atom. The van der Waals surface area contributed by atoms with Crippen molar-refractivity contribution in [3.05, 3.63) is 29.8 Å². The molecular weight excluding hydrogens is 340 g/mol. The van der Waals surface area contributed by atoms with Gasteiger partial charge in [-0.25, -0.2) is 14.8 Å². The molecule has 1 unspecified atom stereocenters. The van der Waals surface area contributed by atoms with Crippen LogP contribution in [0, 0.1) is 0 Å². The summed E-state index contributed by atoms with van der Waals surface area (Å²) in [5, 5.41) is 0. The van der Waals surface area contributed by atoms with Gasteiger partial charge in [-0.05, 0) is 31.9 Å². The average Bonchev–Trinajstić information content (AvgIpc) is 2.94. The zero-order valence-electron chi connectivity index (χ0n) is 16.4. The molecule has 0 bridgehead atoms. The van der Waals surface area contributed by atoms with E-state index < -0.39 is 5.97 Å². The maximum atomic E-state index is 12.8. The van der Waals surface area contributed by atoms with Gasteiger partial charge in [0.1, 0.15) is 16.9 Å². The molecule has 0 aliphatic heterocycles. The maximum absolute atomic E-state index is 12.8. The monoisotopic (exact) mass is 368 g/mol. The average molecular weight is 368 g/mol. The molecule has 0 aliphatic carbocycles. The number of nitrogen functional groups attached to an aromatic ring is 1. The van der Waals surface area contributed by atoms with Crippen molar-refractivity contribution in [2.45, 2.75) is 65.5 Å². The molecule has 6 nitrogen and oxygen atoms in total. The minimum atomic E-state index is -0.427. The van der Waals surface area contributed by atoms with E-state index in [1.54, 1.807) is 0 Å². The van der Waals surface area contributed by atoms with Crippen LogP contribution in [0.15, 0.2) is 24.3 Å². The van der Waals surface area contributed by atoms with Crippen LogP contribution in [-0.2, 0) is 11.3 Å². The maximum Gasteiger partial charge on any atom is 0.344 e. The second-order valence-electron chi connectivity index (χ2n) is 6.98. The van der Waals surface area contributed by atoms with Crippen molar-refractivity contribution in [1.82, 2.24) is 14.5 Å². The Hall–Kier alpha value is -2.63. The Kier molecular flexibility index (Phi) is 5.94. The number of aromatic nitrogens is 3. The van der Waals surface area contributed by atoms with E-state index in [9.17, 15) is 4.79 Å². The molecule has 3 aromatic rings. The van der Waals surface area contributed by atoms with Gasteiger partial charge in [0, 0.05) is 6.54 Å². The second kappa shape index (κ2) is 8.37. The van der Waals surface area contributed by atoms with E-state index in [-0.39, 0.29) is 6.10 Å². The van der Waals surface area contributed by atoms with Gasteiger partial charge in [0.15, 0.2) is 5.65 Å². The molecule has 0 radical (unpaired) electrons. The van der Waals surface area contributed by atoms with Crippen LogP contribution < -0.4 is 5.73 Å². The number of carbonyl (C=O) groups excluding carboxylic acids is 1. The fourth-order valence-electron chi connectivity index (χ4n) is 3.17. The number of carbonyl (C=O) groups is 1. The Morgan fingerprint density at radius 2 is 1.85 bits per heavy atom. The Bertz CT molecular complexity index is 948. The highest BCUT2D eigenvalue weighted by Crippen LogP contribution is 2.29. The first kappa shape index (κ1) is 19.1. The standard InChI is InChI=1S/C21H28N4O2/c1-4-6-7-10-13-25-19(22)17(21(26)27-14(3)5-2)18-20(25)24-16-12-9-8-11-15(16)23-18/h8-9,11-12,14H,4-7,10,13,22H2,1-3H3. The molecule has 144 valence electrons. The van der Waals surface area contributed by atoms with Gasteiger partial charge in [-0.15, -0.1) is 0 Å². The van der Waals surface area contributed by atoms with Gasteiger partial charge in [-0.2, -0.15) is 0 Å². The number of nitrogens with zero attached hydrogens (tertiary/aromatic N) is 3. The van der Waals surface area contributed by atoms with Gasteiger partial charge < -0.3 is 15.0 Å². The molecule has 0 amide bonds. The minimum absolute atomic E-state index is 0.173. The number of hydrogen-bond acceptors (Lipinski definition) is 5. The van der Waals surface area contributed by atoms with E-state index in [1.165, 1.54) is 12.8 Å². The molecule has 27 heavy (non-hydrogen) atoms. The molecule has 0 spiro atoms. The lowest BCUT2D eigenvalue weighted by Crippen LogP contribution is -2.16. The summed E-state index contributed by atoms with van der Waals surface area (Å²) in [5.74, 6) is -0.0335. The number of rotatable bonds is 8. The van der Waals surface area contributed by atoms with Crippen LogP contribution in [0.25, 0.3) is 22.2 Å². The van der Waals surface area contributed by atoms with E-state index in [2.05, 4.69) is 6.92 Å². The largest absolute Gasteiger partial charge is 0.459 e. The van der Waals surface area contributed by atoms with E-state index in [0.717, 1.165) is 30.3 Å². The van der Waals surface area contributed by atoms with Gasteiger partial charge >= 0.3 is 5.97 Å². The summed E-state index contributed by atoms with van der Waals surface area (Å²) in [6.07, 6.45) is 5.01. The first-order valence-electron chi connectivity index (χ1n) is 9.82. The highest BCUT2D eigenvalue weighted by Gasteiger charge is 2.25. The van der Waals surface area contributed by atoms with Gasteiger partial charge in [0.2, 0.25) is 0 Å². The lowest BCUT2D eigenvalue weighted by molar-refractivity contribution is 0.0338. The van der Waals surface area contributed by atoms with Gasteiger partial charge in [-0.3, -0.25) is 0 Å². The van der Waals surface area contributed by atoms with Crippen LogP contribution in [0.4, 0.5) is 5.82 Å². The van der Waals surface area contributed by atoms with Crippen molar-refractivity contribution in [3.8, 4) is 0 Å². The SMILES string of the molecule is CCCCCCn1c(N)c(C(=O)OC(C)CC)c2nc3ccccc3nc21. The third-order valence-corrected chi connectivity index (χ3v) is 4.91. The van der Waals surface area contributed by atoms with E-state index >= 15 is 0 Å². The van der Waals surface area contributed by atoms with Gasteiger partial charge in [0.05, 0.1) is 17.1 Å². The second-order valence-corrected chi connectivity index (χ2v) is 6.98. The fraction of sp³-hybridized carbons (Fsp3) is 0.476. The molecule has 3 rings (SSSR count). The molecule has 0 saturated heterocycles. The van der Waals surface area contributed by atoms with Crippen LogP contribution in [0.5, 0.6) is 0 Å². The molecule has 1 aromatic carbocycles. The van der Waals surface area contributed by atoms with Gasteiger partial charge in [-0.1, -0.05) is 45.2 Å². The van der Waals surface area contributed by atoms with Crippen molar-refractivity contribution < 1.29 is 9.53 Å². The highest BCUT2D eigenvalue weighted by atomic mass is 16.5. The van der Waals surface area contributed by atoms with Crippen molar-refractivity contribution in [3.63, 3.8) is 0 Å². The molecular formula is C21H28N4O2. The summed E-state index contributed by atoms with van der Waals surface area (Å²) in [4.78, 5) is 22.2. The Labute approximate surface area is 159 Å². The lowest BCUT2D eigenvalue weighted by atomic mass is 10.2. The van der Waals surface area contributed by atoms with Crippen LogP contribution in [0.1, 0.15) is 63.2 Å². The molecule has 0 fully saturated rings. The molecule has 2 aromatic heterocycles. The molecule has 1 atom stereocenters. The van der Waals surface area contributed by atoms with Crippen LogP contribution >= 0.6 is 0 Å². The van der Waals surface area contributed by atoms with E-state index in [4.69, 9.17) is 20.4 Å². The van der Waals surface area contributed by atoms with Crippen LogP contribution in [0.3, 0.4) is 0 Å². The molecule has 0 aliphatic rings. The summed E-state index contributed by atoms with van der Waals surface area (Å²) >= 11 is 0.